The van der Waals surface area contributed by atoms with Crippen molar-refractivity contribution in [1.82, 2.24) is 24.6 Å². The molecule has 1 atom stereocenters. The largest absolute Gasteiger partial charge is 0.355 e. The van der Waals surface area contributed by atoms with Gasteiger partial charge >= 0.3 is 0 Å². The van der Waals surface area contributed by atoms with Crippen LogP contribution in [0.15, 0.2) is 30.6 Å². The van der Waals surface area contributed by atoms with E-state index in [0.717, 1.165) is 34.9 Å². The standard InChI is InChI=1S/C25H27F3N6O/c1-15(35)34-10-7-21-22(14-34)30-24(17-12-29-32(2)13-17)25(31-21)33-8-5-16(6-9-33)23(28)19-4-3-18(26)11-20(19)27/h3-4,11-13,16,23H,5-10,14H2,1-2H3/t23-/m1/s1. The minimum atomic E-state index is -1.50. The van der Waals surface area contributed by atoms with E-state index in [-0.39, 0.29) is 17.4 Å². The zero-order valence-electron chi connectivity index (χ0n) is 19.7. The van der Waals surface area contributed by atoms with Crippen LogP contribution in [0.2, 0.25) is 0 Å². The molecule has 35 heavy (non-hydrogen) atoms. The maximum atomic E-state index is 15.2. The Morgan fingerprint density at radius 1 is 1.11 bits per heavy atom. The fourth-order valence-electron chi connectivity index (χ4n) is 4.93. The normalized spacial score (nSPS) is 17.4. The smallest absolute Gasteiger partial charge is 0.219 e. The van der Waals surface area contributed by atoms with Gasteiger partial charge < -0.3 is 9.80 Å². The van der Waals surface area contributed by atoms with Gasteiger partial charge in [0.2, 0.25) is 5.91 Å². The molecule has 2 aromatic heterocycles. The Kier molecular flexibility index (Phi) is 6.21. The van der Waals surface area contributed by atoms with Crippen molar-refractivity contribution < 1.29 is 18.0 Å². The molecule has 0 spiro atoms. The lowest BCUT2D eigenvalue weighted by Crippen LogP contribution is -2.38. The molecule has 5 rings (SSSR count). The summed E-state index contributed by atoms with van der Waals surface area (Å²) in [6.07, 6.45) is 3.72. The molecule has 7 nitrogen and oxygen atoms in total. The van der Waals surface area contributed by atoms with E-state index in [0.29, 0.717) is 51.1 Å². The van der Waals surface area contributed by atoms with Crippen LogP contribution in [0, 0.1) is 17.6 Å². The van der Waals surface area contributed by atoms with Crippen LogP contribution in [0.1, 0.15) is 42.9 Å². The summed E-state index contributed by atoms with van der Waals surface area (Å²) in [6, 6.07) is 3.02. The second-order valence-corrected chi connectivity index (χ2v) is 9.27. The lowest BCUT2D eigenvalue weighted by atomic mass is 9.88. The second-order valence-electron chi connectivity index (χ2n) is 9.27. The first kappa shape index (κ1) is 23.3. The van der Waals surface area contributed by atoms with Crippen molar-refractivity contribution in [3.05, 3.63) is 59.2 Å². The lowest BCUT2D eigenvalue weighted by molar-refractivity contribution is -0.129. The highest BCUT2D eigenvalue weighted by atomic mass is 19.1. The molecule has 1 amide bonds. The minimum absolute atomic E-state index is 0.00453. The average Bonchev–Trinajstić information content (AvgIpc) is 3.28. The van der Waals surface area contributed by atoms with Crippen molar-refractivity contribution in [2.24, 2.45) is 13.0 Å². The molecule has 0 N–H and O–H groups in total. The first-order valence-corrected chi connectivity index (χ1v) is 11.8. The van der Waals surface area contributed by atoms with E-state index in [1.807, 2.05) is 13.2 Å². The van der Waals surface area contributed by atoms with Gasteiger partial charge in [-0.05, 0) is 24.8 Å². The summed E-state index contributed by atoms with van der Waals surface area (Å²) < 4.78 is 44.2. The molecule has 0 unspecified atom stereocenters. The summed E-state index contributed by atoms with van der Waals surface area (Å²) in [5.41, 5.74) is 3.05. The van der Waals surface area contributed by atoms with Crippen molar-refractivity contribution in [3.8, 4) is 11.3 Å². The fraction of sp³-hybridized carbons (Fsp3) is 0.440. The van der Waals surface area contributed by atoms with Gasteiger partial charge in [0.15, 0.2) is 5.82 Å². The van der Waals surface area contributed by atoms with Crippen molar-refractivity contribution in [2.75, 3.05) is 24.5 Å². The highest BCUT2D eigenvalue weighted by molar-refractivity contribution is 5.74. The van der Waals surface area contributed by atoms with E-state index in [1.165, 1.54) is 6.07 Å². The van der Waals surface area contributed by atoms with E-state index >= 15 is 4.39 Å². The Hall–Kier alpha value is -3.43. The van der Waals surface area contributed by atoms with Crippen LogP contribution in [0.5, 0.6) is 0 Å². The third-order valence-electron chi connectivity index (χ3n) is 6.93. The van der Waals surface area contributed by atoms with Gasteiger partial charge in [-0.3, -0.25) is 9.48 Å². The SMILES string of the molecule is CC(=O)N1CCc2nc(N3CCC([C@@H](F)c4ccc(F)cc4F)CC3)c(-c3cnn(C)c3)nc2C1. The number of hydrogen-bond donors (Lipinski definition) is 0. The lowest BCUT2D eigenvalue weighted by Gasteiger charge is -2.36. The van der Waals surface area contributed by atoms with Crippen molar-refractivity contribution >= 4 is 11.7 Å². The monoisotopic (exact) mass is 484 g/mol. The summed E-state index contributed by atoms with van der Waals surface area (Å²) in [5, 5.41) is 4.27. The zero-order chi connectivity index (χ0) is 24.7. The van der Waals surface area contributed by atoms with Crippen molar-refractivity contribution in [3.63, 3.8) is 0 Å². The molecule has 0 saturated carbocycles. The Morgan fingerprint density at radius 3 is 2.54 bits per heavy atom. The van der Waals surface area contributed by atoms with Crippen LogP contribution in [-0.4, -0.2) is 50.2 Å². The van der Waals surface area contributed by atoms with E-state index in [9.17, 15) is 13.6 Å². The van der Waals surface area contributed by atoms with Gasteiger partial charge in [-0.15, -0.1) is 0 Å². The number of halogens is 3. The molecular formula is C25H27F3N6O. The number of nitrogens with zero attached hydrogens (tertiary/aromatic N) is 6. The number of fused-ring (bicyclic) bond motifs is 1. The van der Waals surface area contributed by atoms with E-state index in [2.05, 4.69) is 10.00 Å². The van der Waals surface area contributed by atoms with Gasteiger partial charge in [-0.25, -0.2) is 23.1 Å². The van der Waals surface area contributed by atoms with Crippen molar-refractivity contribution in [1.29, 1.82) is 0 Å². The van der Waals surface area contributed by atoms with Crippen LogP contribution in [0.4, 0.5) is 19.0 Å². The fourth-order valence-corrected chi connectivity index (χ4v) is 4.93. The number of carbonyl (C=O) groups is 1. The molecule has 4 heterocycles. The molecule has 10 heteroatoms. The predicted octanol–water partition coefficient (Wildman–Crippen LogP) is 3.99. The molecule has 1 aromatic carbocycles. The Morgan fingerprint density at radius 2 is 1.89 bits per heavy atom. The molecule has 184 valence electrons. The molecule has 3 aromatic rings. The van der Waals surface area contributed by atoms with Crippen molar-refractivity contribution in [2.45, 2.75) is 38.9 Å². The van der Waals surface area contributed by atoms with Gasteiger partial charge in [0, 0.05) is 63.4 Å². The number of anilines is 1. The number of hydrogen-bond acceptors (Lipinski definition) is 5. The average molecular weight is 485 g/mol. The van der Waals surface area contributed by atoms with Crippen LogP contribution in [-0.2, 0) is 24.8 Å². The molecule has 0 radical (unpaired) electrons. The predicted molar refractivity (Wildman–Crippen MR) is 124 cm³/mol. The summed E-state index contributed by atoms with van der Waals surface area (Å²) in [5.74, 6) is -1.21. The number of alkyl halides is 1. The van der Waals surface area contributed by atoms with Crippen LogP contribution < -0.4 is 4.90 Å². The van der Waals surface area contributed by atoms with E-state index in [4.69, 9.17) is 9.97 Å². The maximum Gasteiger partial charge on any atom is 0.219 e. The summed E-state index contributed by atoms with van der Waals surface area (Å²) in [6.45, 7) is 3.63. The quantitative estimate of drug-likeness (QED) is 0.560. The third-order valence-corrected chi connectivity index (χ3v) is 6.93. The first-order valence-electron chi connectivity index (χ1n) is 11.8. The molecule has 0 bridgehead atoms. The number of aryl methyl sites for hydroxylation is 1. The van der Waals surface area contributed by atoms with Crippen LogP contribution in [0.3, 0.4) is 0 Å². The minimum Gasteiger partial charge on any atom is -0.355 e. The summed E-state index contributed by atoms with van der Waals surface area (Å²) >= 11 is 0. The number of piperidine rings is 1. The molecule has 0 aliphatic carbocycles. The molecule has 2 aliphatic heterocycles. The zero-order valence-corrected chi connectivity index (χ0v) is 19.7. The highest BCUT2D eigenvalue weighted by Crippen LogP contribution is 2.38. The van der Waals surface area contributed by atoms with Gasteiger partial charge in [-0.1, -0.05) is 6.07 Å². The summed E-state index contributed by atoms with van der Waals surface area (Å²) in [4.78, 5) is 25.6. The number of rotatable bonds is 4. The Labute approximate surface area is 201 Å². The number of aromatic nitrogens is 4. The van der Waals surface area contributed by atoms with Gasteiger partial charge in [-0.2, -0.15) is 5.10 Å². The molecule has 1 fully saturated rings. The molecule has 2 aliphatic rings. The Balaban J connectivity index is 1.40. The van der Waals surface area contributed by atoms with Gasteiger partial charge in [0.05, 0.1) is 24.1 Å². The number of benzene rings is 1. The third kappa shape index (κ3) is 4.61. The summed E-state index contributed by atoms with van der Waals surface area (Å²) in [7, 11) is 1.83. The first-order chi connectivity index (χ1) is 16.8. The topological polar surface area (TPSA) is 67.2 Å². The number of amides is 1. The molecule has 1 saturated heterocycles. The maximum absolute atomic E-state index is 15.2. The number of carbonyl (C=O) groups excluding carboxylic acids is 1. The van der Waals surface area contributed by atoms with Gasteiger partial charge in [0.25, 0.3) is 0 Å². The van der Waals surface area contributed by atoms with Gasteiger partial charge in [0.1, 0.15) is 23.5 Å². The van der Waals surface area contributed by atoms with Crippen LogP contribution >= 0.6 is 0 Å². The molecular weight excluding hydrogens is 457 g/mol. The van der Waals surface area contributed by atoms with E-state index in [1.54, 1.807) is 22.7 Å². The Bertz CT molecular complexity index is 1250. The van der Waals surface area contributed by atoms with E-state index < -0.39 is 17.8 Å². The van der Waals surface area contributed by atoms with Crippen LogP contribution in [0.25, 0.3) is 11.3 Å². The second kappa shape index (κ2) is 9.31. The highest BCUT2D eigenvalue weighted by Gasteiger charge is 2.32.